The van der Waals surface area contributed by atoms with Gasteiger partial charge in [0.05, 0.1) is 4.92 Å². The SMILES string of the molecule is Cc1cccc(OCCOc2ccc([N+](=O)[O-])cc2/C=C(/C#N)C(=O)Nc2nnc(C(C)C)s2)c1. The lowest BCUT2D eigenvalue weighted by atomic mass is 10.1. The molecule has 1 aromatic heterocycles. The minimum Gasteiger partial charge on any atom is -0.490 e. The van der Waals surface area contributed by atoms with Gasteiger partial charge in [-0.3, -0.25) is 20.2 Å². The first kappa shape index (κ1) is 25.3. The summed E-state index contributed by atoms with van der Waals surface area (Å²) in [5.74, 6) is 0.392. The number of aromatic nitrogens is 2. The summed E-state index contributed by atoms with van der Waals surface area (Å²) in [6.07, 6.45) is 1.24. The number of aryl methyl sites for hydroxylation is 1. The van der Waals surface area contributed by atoms with Crippen molar-refractivity contribution < 1.29 is 19.2 Å². The molecule has 3 rings (SSSR count). The van der Waals surface area contributed by atoms with Crippen LogP contribution in [0.3, 0.4) is 0 Å². The third-order valence-corrected chi connectivity index (χ3v) is 5.76. The van der Waals surface area contributed by atoms with Gasteiger partial charge in [-0.1, -0.05) is 37.3 Å². The third-order valence-electron chi connectivity index (χ3n) is 4.62. The molecule has 2 aromatic carbocycles. The Kier molecular flexibility index (Phi) is 8.48. The second-order valence-corrected chi connectivity index (χ2v) is 8.73. The fourth-order valence-corrected chi connectivity index (χ4v) is 3.64. The van der Waals surface area contributed by atoms with Crippen LogP contribution in [0.4, 0.5) is 10.8 Å². The van der Waals surface area contributed by atoms with E-state index in [1.807, 2.05) is 51.1 Å². The predicted octanol–water partition coefficient (Wildman–Crippen LogP) is 4.88. The number of benzene rings is 2. The standard InChI is InChI=1S/C24H23N5O5S/c1-15(2)23-27-28-24(35-23)26-22(30)18(14-25)12-17-13-19(29(31)32)7-8-21(17)34-10-9-33-20-6-4-5-16(3)11-20/h4-8,11-13,15H,9-10H2,1-3H3,(H,26,28,30)/b18-12-. The third kappa shape index (κ3) is 7.09. The van der Waals surface area contributed by atoms with Crippen LogP contribution in [0.5, 0.6) is 11.5 Å². The Bertz CT molecular complexity index is 1300. The van der Waals surface area contributed by atoms with Crippen LogP contribution in [0.1, 0.15) is 35.9 Å². The molecule has 0 spiro atoms. The molecule has 1 N–H and O–H groups in total. The highest BCUT2D eigenvalue weighted by Gasteiger charge is 2.17. The Hall–Kier alpha value is -4.30. The summed E-state index contributed by atoms with van der Waals surface area (Å²) < 4.78 is 11.4. The highest BCUT2D eigenvalue weighted by molar-refractivity contribution is 7.15. The van der Waals surface area contributed by atoms with Crippen LogP contribution in [-0.2, 0) is 4.79 Å². The van der Waals surface area contributed by atoms with Crippen LogP contribution in [-0.4, -0.2) is 34.2 Å². The summed E-state index contributed by atoms with van der Waals surface area (Å²) in [5.41, 5.74) is 0.791. The van der Waals surface area contributed by atoms with Crippen LogP contribution in [0.15, 0.2) is 48.0 Å². The van der Waals surface area contributed by atoms with Crippen molar-refractivity contribution in [2.75, 3.05) is 18.5 Å². The molecule has 10 nitrogen and oxygen atoms in total. The van der Waals surface area contributed by atoms with Gasteiger partial charge in [0.2, 0.25) is 5.13 Å². The van der Waals surface area contributed by atoms with E-state index in [0.717, 1.165) is 10.6 Å². The number of ether oxygens (including phenoxy) is 2. The fourth-order valence-electron chi connectivity index (χ4n) is 2.90. The van der Waals surface area contributed by atoms with E-state index >= 15 is 0 Å². The minimum atomic E-state index is -0.709. The molecule has 0 radical (unpaired) electrons. The van der Waals surface area contributed by atoms with Crippen molar-refractivity contribution in [2.45, 2.75) is 26.7 Å². The summed E-state index contributed by atoms with van der Waals surface area (Å²) >= 11 is 1.21. The van der Waals surface area contributed by atoms with Gasteiger partial charge in [-0.05, 0) is 36.8 Å². The monoisotopic (exact) mass is 493 g/mol. The molecule has 1 heterocycles. The number of non-ortho nitro benzene ring substituents is 1. The minimum absolute atomic E-state index is 0.142. The average molecular weight is 494 g/mol. The van der Waals surface area contributed by atoms with Gasteiger partial charge in [-0.2, -0.15) is 5.26 Å². The second kappa shape index (κ2) is 11.7. The molecular weight excluding hydrogens is 470 g/mol. The molecule has 1 amide bonds. The molecule has 0 aliphatic carbocycles. The van der Waals surface area contributed by atoms with E-state index in [1.165, 1.54) is 35.6 Å². The number of nitrogens with zero attached hydrogens (tertiary/aromatic N) is 4. The average Bonchev–Trinajstić information content (AvgIpc) is 3.29. The van der Waals surface area contributed by atoms with Gasteiger partial charge in [-0.25, -0.2) is 0 Å². The first-order valence-electron chi connectivity index (χ1n) is 10.6. The number of amides is 1. The molecule has 0 aliphatic heterocycles. The van der Waals surface area contributed by atoms with E-state index < -0.39 is 10.8 Å². The number of nitro groups is 1. The lowest BCUT2D eigenvalue weighted by Gasteiger charge is -2.11. The Balaban J connectivity index is 1.76. The summed E-state index contributed by atoms with van der Waals surface area (Å²) in [4.78, 5) is 23.3. The summed E-state index contributed by atoms with van der Waals surface area (Å²) in [6, 6.07) is 13.3. The zero-order valence-electron chi connectivity index (χ0n) is 19.3. The molecule has 0 bridgehead atoms. The summed E-state index contributed by atoms with van der Waals surface area (Å²) in [7, 11) is 0. The summed E-state index contributed by atoms with van der Waals surface area (Å²) in [6.45, 7) is 6.22. The number of nitriles is 1. The van der Waals surface area contributed by atoms with Crippen LogP contribution in [0.25, 0.3) is 6.08 Å². The van der Waals surface area contributed by atoms with Crippen molar-refractivity contribution in [3.63, 3.8) is 0 Å². The van der Waals surface area contributed by atoms with Gasteiger partial charge in [-0.15, -0.1) is 10.2 Å². The van der Waals surface area contributed by atoms with Crippen molar-refractivity contribution >= 4 is 34.1 Å². The lowest BCUT2D eigenvalue weighted by Crippen LogP contribution is -2.13. The number of nitrogens with one attached hydrogen (secondary N) is 1. The highest BCUT2D eigenvalue weighted by Crippen LogP contribution is 2.27. The topological polar surface area (TPSA) is 140 Å². The summed E-state index contributed by atoms with van der Waals surface area (Å²) in [5, 5.41) is 32.3. The second-order valence-electron chi connectivity index (χ2n) is 7.72. The van der Waals surface area contributed by atoms with Gasteiger partial charge < -0.3 is 9.47 Å². The smallest absolute Gasteiger partial charge is 0.270 e. The van der Waals surface area contributed by atoms with Crippen LogP contribution < -0.4 is 14.8 Å². The van der Waals surface area contributed by atoms with Crippen LogP contribution >= 0.6 is 11.3 Å². The van der Waals surface area contributed by atoms with Crippen LogP contribution in [0.2, 0.25) is 0 Å². The van der Waals surface area contributed by atoms with E-state index in [2.05, 4.69) is 15.5 Å². The first-order chi connectivity index (χ1) is 16.8. The van der Waals surface area contributed by atoms with E-state index in [-0.39, 0.29) is 46.8 Å². The van der Waals surface area contributed by atoms with E-state index in [1.54, 1.807) is 0 Å². The fraction of sp³-hybridized carbons (Fsp3) is 0.250. The predicted molar refractivity (Wildman–Crippen MR) is 131 cm³/mol. The quantitative estimate of drug-likeness (QED) is 0.138. The van der Waals surface area contributed by atoms with Crippen molar-refractivity contribution in [2.24, 2.45) is 0 Å². The number of nitro benzene ring substituents is 1. The number of anilines is 1. The molecule has 0 aliphatic rings. The maximum Gasteiger partial charge on any atom is 0.270 e. The Morgan fingerprint density at radius 3 is 2.66 bits per heavy atom. The molecule has 180 valence electrons. The normalized spacial score (nSPS) is 11.1. The van der Waals surface area contributed by atoms with Crippen molar-refractivity contribution in [1.29, 1.82) is 5.26 Å². The molecule has 11 heteroatoms. The number of rotatable bonds is 10. The molecule has 0 saturated carbocycles. The number of carbonyl (C=O) groups is 1. The maximum atomic E-state index is 12.6. The first-order valence-corrected chi connectivity index (χ1v) is 11.5. The maximum absolute atomic E-state index is 12.6. The van der Waals surface area contributed by atoms with E-state index in [4.69, 9.17) is 9.47 Å². The number of hydrogen-bond acceptors (Lipinski definition) is 9. The van der Waals surface area contributed by atoms with Gasteiger partial charge in [0.1, 0.15) is 41.4 Å². The highest BCUT2D eigenvalue weighted by atomic mass is 32.1. The van der Waals surface area contributed by atoms with Crippen molar-refractivity contribution in [3.05, 3.63) is 74.3 Å². The lowest BCUT2D eigenvalue weighted by molar-refractivity contribution is -0.384. The van der Waals surface area contributed by atoms with Gasteiger partial charge in [0.25, 0.3) is 11.6 Å². The number of carbonyl (C=O) groups excluding carboxylic acids is 1. The Labute approximate surface area is 206 Å². The van der Waals surface area contributed by atoms with Crippen LogP contribution in [0, 0.1) is 28.4 Å². The molecule has 0 atom stereocenters. The Morgan fingerprint density at radius 1 is 1.23 bits per heavy atom. The van der Waals surface area contributed by atoms with Crippen molar-refractivity contribution in [3.8, 4) is 17.6 Å². The molecular formula is C24H23N5O5S. The molecule has 0 fully saturated rings. The molecule has 0 unspecified atom stereocenters. The van der Waals surface area contributed by atoms with E-state index in [0.29, 0.717) is 5.75 Å². The molecule has 3 aromatic rings. The van der Waals surface area contributed by atoms with Crippen molar-refractivity contribution in [1.82, 2.24) is 10.2 Å². The zero-order valence-corrected chi connectivity index (χ0v) is 20.2. The largest absolute Gasteiger partial charge is 0.490 e. The van der Waals surface area contributed by atoms with Gasteiger partial charge >= 0.3 is 0 Å². The van der Waals surface area contributed by atoms with E-state index in [9.17, 15) is 20.2 Å². The molecule has 35 heavy (non-hydrogen) atoms. The molecule has 0 saturated heterocycles. The van der Waals surface area contributed by atoms with Gasteiger partial charge in [0, 0.05) is 23.6 Å². The Morgan fingerprint density at radius 2 is 2.00 bits per heavy atom. The zero-order chi connectivity index (χ0) is 25.4. The number of hydrogen-bond donors (Lipinski definition) is 1. The van der Waals surface area contributed by atoms with Gasteiger partial charge in [0.15, 0.2) is 0 Å².